The van der Waals surface area contributed by atoms with Crippen LogP contribution in [0.4, 0.5) is 0 Å². The van der Waals surface area contributed by atoms with E-state index in [1.54, 1.807) is 0 Å². The summed E-state index contributed by atoms with van der Waals surface area (Å²) in [6.45, 7) is 2.11. The molecular weight excluding hydrogens is 272 g/mol. The van der Waals surface area contributed by atoms with E-state index in [1.165, 1.54) is 0 Å². The fraction of sp³-hybridized carbons (Fsp3) is 0.250. The van der Waals surface area contributed by atoms with E-state index in [0.717, 1.165) is 24.0 Å². The molecule has 0 unspecified atom stereocenters. The second kappa shape index (κ2) is 7.60. The number of allylic oxidation sites excluding steroid dienone is 2. The van der Waals surface area contributed by atoms with E-state index >= 15 is 0 Å². The molecule has 0 fully saturated rings. The van der Waals surface area contributed by atoms with Crippen LogP contribution in [-0.2, 0) is 10.2 Å². The average Bonchev–Trinajstić information content (AvgIpc) is 2.56. The normalized spacial score (nSPS) is 11.7. The van der Waals surface area contributed by atoms with E-state index in [4.69, 9.17) is 0 Å². The van der Waals surface area contributed by atoms with Crippen LogP contribution in [0.5, 0.6) is 0 Å². The summed E-state index contributed by atoms with van der Waals surface area (Å²) in [5.74, 6) is -0.814. The maximum Gasteiger partial charge on any atom is 0.318 e. The van der Waals surface area contributed by atoms with Gasteiger partial charge in [-0.05, 0) is 24.0 Å². The van der Waals surface area contributed by atoms with Gasteiger partial charge in [-0.25, -0.2) is 0 Å². The summed E-state index contributed by atoms with van der Waals surface area (Å²) >= 11 is 0. The summed E-state index contributed by atoms with van der Waals surface area (Å²) in [7, 11) is 0. The zero-order valence-electron chi connectivity index (χ0n) is 12.9. The van der Waals surface area contributed by atoms with Crippen molar-refractivity contribution >= 4 is 5.97 Å². The maximum absolute atomic E-state index is 12.3. The molecule has 2 aromatic rings. The van der Waals surface area contributed by atoms with Crippen LogP contribution < -0.4 is 0 Å². The largest absolute Gasteiger partial charge is 0.480 e. The van der Waals surface area contributed by atoms with Gasteiger partial charge in [0.25, 0.3) is 0 Å². The van der Waals surface area contributed by atoms with Gasteiger partial charge in [0.05, 0.1) is 0 Å². The molecule has 2 aromatic carbocycles. The second-order valence-electron chi connectivity index (χ2n) is 5.41. The van der Waals surface area contributed by atoms with E-state index in [1.807, 2.05) is 66.7 Å². The van der Waals surface area contributed by atoms with Gasteiger partial charge in [-0.2, -0.15) is 0 Å². The minimum atomic E-state index is -1.03. The SMILES string of the molecule is CCC/C=C/CC(C(=O)O)(c1ccccc1)c1ccccc1. The molecule has 2 rings (SSSR count). The van der Waals surface area contributed by atoms with Crippen molar-refractivity contribution in [3.05, 3.63) is 83.9 Å². The van der Waals surface area contributed by atoms with Crippen LogP contribution >= 0.6 is 0 Å². The lowest BCUT2D eigenvalue weighted by molar-refractivity contribution is -0.142. The lowest BCUT2D eigenvalue weighted by Gasteiger charge is -2.29. The van der Waals surface area contributed by atoms with Gasteiger partial charge in [-0.1, -0.05) is 86.2 Å². The van der Waals surface area contributed by atoms with E-state index in [2.05, 4.69) is 13.0 Å². The number of carbonyl (C=O) groups is 1. The first-order valence-electron chi connectivity index (χ1n) is 7.71. The molecule has 0 saturated carbocycles. The number of carboxylic acids is 1. The molecule has 0 saturated heterocycles. The third kappa shape index (κ3) is 3.28. The topological polar surface area (TPSA) is 37.3 Å². The smallest absolute Gasteiger partial charge is 0.318 e. The van der Waals surface area contributed by atoms with Crippen LogP contribution in [0, 0.1) is 0 Å². The Hall–Kier alpha value is -2.35. The Kier molecular flexibility index (Phi) is 5.54. The van der Waals surface area contributed by atoms with E-state index < -0.39 is 11.4 Å². The molecule has 0 aromatic heterocycles. The molecular formula is C20H22O2. The highest BCUT2D eigenvalue weighted by atomic mass is 16.4. The minimum Gasteiger partial charge on any atom is -0.480 e. The molecule has 2 heteroatoms. The van der Waals surface area contributed by atoms with Crippen molar-refractivity contribution < 1.29 is 9.90 Å². The van der Waals surface area contributed by atoms with E-state index in [-0.39, 0.29) is 0 Å². The summed E-state index contributed by atoms with van der Waals surface area (Å²) < 4.78 is 0. The van der Waals surface area contributed by atoms with Gasteiger partial charge in [-0.3, -0.25) is 4.79 Å². The van der Waals surface area contributed by atoms with Crippen LogP contribution in [0.15, 0.2) is 72.8 Å². The summed E-state index contributed by atoms with van der Waals surface area (Å²) in [6, 6.07) is 19.0. The molecule has 0 aliphatic heterocycles. The third-order valence-corrected chi connectivity index (χ3v) is 3.94. The van der Waals surface area contributed by atoms with Crippen molar-refractivity contribution in [3.8, 4) is 0 Å². The van der Waals surface area contributed by atoms with Crippen molar-refractivity contribution in [1.82, 2.24) is 0 Å². The summed E-state index contributed by atoms with van der Waals surface area (Å²) in [6.07, 6.45) is 6.56. The predicted octanol–water partition coefficient (Wildman–Crippen LogP) is 4.80. The Bertz CT molecular complexity index is 575. The number of benzene rings is 2. The molecule has 0 spiro atoms. The first-order valence-corrected chi connectivity index (χ1v) is 7.71. The fourth-order valence-electron chi connectivity index (χ4n) is 2.73. The second-order valence-corrected chi connectivity index (χ2v) is 5.41. The van der Waals surface area contributed by atoms with Gasteiger partial charge in [0, 0.05) is 0 Å². The Morgan fingerprint density at radius 1 is 0.955 bits per heavy atom. The Morgan fingerprint density at radius 2 is 1.45 bits per heavy atom. The van der Waals surface area contributed by atoms with E-state index in [0.29, 0.717) is 6.42 Å². The first kappa shape index (κ1) is 16.0. The van der Waals surface area contributed by atoms with Crippen LogP contribution in [0.1, 0.15) is 37.3 Å². The average molecular weight is 294 g/mol. The molecule has 2 nitrogen and oxygen atoms in total. The zero-order valence-corrected chi connectivity index (χ0v) is 12.9. The highest BCUT2D eigenvalue weighted by molar-refractivity contribution is 5.86. The number of hydrogen-bond donors (Lipinski definition) is 1. The van der Waals surface area contributed by atoms with Gasteiger partial charge in [0.15, 0.2) is 0 Å². The monoisotopic (exact) mass is 294 g/mol. The highest BCUT2D eigenvalue weighted by Crippen LogP contribution is 2.36. The van der Waals surface area contributed by atoms with Gasteiger partial charge < -0.3 is 5.11 Å². The predicted molar refractivity (Wildman–Crippen MR) is 90.0 cm³/mol. The lowest BCUT2D eigenvalue weighted by Crippen LogP contribution is -2.36. The molecule has 0 aliphatic carbocycles. The highest BCUT2D eigenvalue weighted by Gasteiger charge is 2.40. The van der Waals surface area contributed by atoms with Crippen molar-refractivity contribution in [2.24, 2.45) is 0 Å². The molecule has 0 aliphatic rings. The van der Waals surface area contributed by atoms with Crippen LogP contribution in [0.3, 0.4) is 0 Å². The lowest BCUT2D eigenvalue weighted by atomic mass is 9.72. The van der Waals surface area contributed by atoms with Crippen molar-refractivity contribution in [1.29, 1.82) is 0 Å². The fourth-order valence-corrected chi connectivity index (χ4v) is 2.73. The Labute approximate surface area is 132 Å². The number of unbranched alkanes of at least 4 members (excludes halogenated alkanes) is 1. The van der Waals surface area contributed by atoms with Crippen LogP contribution in [-0.4, -0.2) is 11.1 Å². The number of carboxylic acid groups (broad SMARTS) is 1. The van der Waals surface area contributed by atoms with Crippen LogP contribution in [0.2, 0.25) is 0 Å². The van der Waals surface area contributed by atoms with Crippen LogP contribution in [0.25, 0.3) is 0 Å². The molecule has 0 radical (unpaired) electrons. The number of rotatable bonds is 7. The Morgan fingerprint density at radius 3 is 1.86 bits per heavy atom. The standard InChI is InChI=1S/C20H22O2/c1-2-3-4-11-16-20(19(21)22,17-12-7-5-8-13-17)18-14-9-6-10-15-18/h4-15H,2-3,16H2,1H3,(H,21,22)/b11-4+. The molecule has 0 heterocycles. The molecule has 0 bridgehead atoms. The molecule has 1 N–H and O–H groups in total. The van der Waals surface area contributed by atoms with Crippen molar-refractivity contribution in [2.75, 3.05) is 0 Å². The summed E-state index contributed by atoms with van der Waals surface area (Å²) in [5, 5.41) is 10.1. The van der Waals surface area contributed by atoms with Gasteiger partial charge in [-0.15, -0.1) is 0 Å². The Balaban J connectivity index is 2.53. The third-order valence-electron chi connectivity index (χ3n) is 3.94. The quantitative estimate of drug-likeness (QED) is 0.744. The maximum atomic E-state index is 12.3. The minimum absolute atomic E-state index is 0.455. The molecule has 114 valence electrons. The number of aliphatic carboxylic acids is 1. The molecule has 0 amide bonds. The van der Waals surface area contributed by atoms with E-state index in [9.17, 15) is 9.90 Å². The summed E-state index contributed by atoms with van der Waals surface area (Å²) in [4.78, 5) is 12.3. The van der Waals surface area contributed by atoms with Gasteiger partial charge in [0.1, 0.15) is 5.41 Å². The molecule has 0 atom stereocenters. The molecule has 22 heavy (non-hydrogen) atoms. The van der Waals surface area contributed by atoms with Gasteiger partial charge in [0.2, 0.25) is 0 Å². The van der Waals surface area contributed by atoms with Gasteiger partial charge >= 0.3 is 5.97 Å². The van der Waals surface area contributed by atoms with Crippen molar-refractivity contribution in [2.45, 2.75) is 31.6 Å². The van der Waals surface area contributed by atoms with Crippen molar-refractivity contribution in [3.63, 3.8) is 0 Å². The summed E-state index contributed by atoms with van der Waals surface area (Å²) in [5.41, 5.74) is 0.594. The first-order chi connectivity index (χ1) is 10.7. The number of hydrogen-bond acceptors (Lipinski definition) is 1. The zero-order chi connectivity index (χ0) is 15.8.